The van der Waals surface area contributed by atoms with Crippen molar-refractivity contribution in [2.24, 2.45) is 0 Å². The summed E-state index contributed by atoms with van der Waals surface area (Å²) in [6, 6.07) is -0.754. The number of ether oxygens (including phenoxy) is 4. The molecular formula is C29H54N4O15Si2. The second-order valence-corrected chi connectivity index (χ2v) is 16.8. The lowest BCUT2D eigenvalue weighted by molar-refractivity contribution is -0.144. The normalized spacial score (nSPS) is 12.1. The van der Waals surface area contributed by atoms with Crippen molar-refractivity contribution >= 4 is 47.8 Å². The molecule has 50 heavy (non-hydrogen) atoms. The molecule has 1 unspecified atom stereocenters. The first-order valence-electron chi connectivity index (χ1n) is 15.5. The summed E-state index contributed by atoms with van der Waals surface area (Å²) in [5.74, 6) is -1.53. The summed E-state index contributed by atoms with van der Waals surface area (Å²) >= 11 is 0. The van der Waals surface area contributed by atoms with Crippen LogP contribution >= 0.6 is 0 Å². The highest BCUT2D eigenvalue weighted by Crippen LogP contribution is 2.15. The fourth-order valence-corrected chi connectivity index (χ4v) is 7.50. The number of nitrogens with one attached hydrogen (secondary N) is 4. The molecule has 4 amide bonds. The average molecular weight is 755 g/mol. The number of carbonyl (C=O) groups is 5. The van der Waals surface area contributed by atoms with Crippen LogP contribution < -0.4 is 21.3 Å². The van der Waals surface area contributed by atoms with E-state index in [0.717, 1.165) is 12.2 Å². The second kappa shape index (κ2) is 25.4. The summed E-state index contributed by atoms with van der Waals surface area (Å²) in [5, 5.41) is 10.4. The molecule has 0 fully saturated rings. The van der Waals surface area contributed by atoms with Crippen molar-refractivity contribution in [2.75, 3.05) is 82.2 Å². The van der Waals surface area contributed by atoms with E-state index in [-0.39, 0.29) is 45.9 Å². The van der Waals surface area contributed by atoms with Crippen LogP contribution in [0.15, 0.2) is 25.3 Å². The number of rotatable bonds is 27. The van der Waals surface area contributed by atoms with Crippen molar-refractivity contribution in [2.45, 2.75) is 49.9 Å². The Labute approximate surface area is 295 Å². The summed E-state index contributed by atoms with van der Waals surface area (Å²) in [7, 11) is 3.33. The van der Waals surface area contributed by atoms with Crippen LogP contribution in [0.2, 0.25) is 12.1 Å². The number of amides is 4. The molecule has 0 aliphatic carbocycles. The molecule has 0 saturated heterocycles. The van der Waals surface area contributed by atoms with Gasteiger partial charge in [-0.05, 0) is 19.8 Å². The minimum absolute atomic E-state index is 0.0262. The smallest absolute Gasteiger partial charge is 0.460 e. The van der Waals surface area contributed by atoms with Gasteiger partial charge in [0.25, 0.3) is 0 Å². The maximum atomic E-state index is 13.1. The van der Waals surface area contributed by atoms with Crippen LogP contribution in [-0.2, 0) is 55.1 Å². The molecule has 0 aliphatic rings. The topological polar surface area (TPSA) is 226 Å². The van der Waals surface area contributed by atoms with Gasteiger partial charge in [-0.3, -0.25) is 0 Å². The maximum absolute atomic E-state index is 13.1. The van der Waals surface area contributed by atoms with Gasteiger partial charge in [-0.25, -0.2) is 24.0 Å². The van der Waals surface area contributed by atoms with Crippen molar-refractivity contribution in [3.05, 3.63) is 25.3 Å². The van der Waals surface area contributed by atoms with Gasteiger partial charge in [0.2, 0.25) is 0 Å². The van der Waals surface area contributed by atoms with E-state index in [0.29, 0.717) is 24.9 Å². The minimum atomic E-state index is -2.82. The van der Waals surface area contributed by atoms with E-state index in [4.69, 9.17) is 45.5 Å². The lowest BCUT2D eigenvalue weighted by Crippen LogP contribution is -2.58. The van der Waals surface area contributed by atoms with Gasteiger partial charge in [0, 0.05) is 86.4 Å². The number of urea groups is 1. The third-order valence-corrected chi connectivity index (χ3v) is 12.7. The Balaban J connectivity index is 5.37. The Morgan fingerprint density at radius 1 is 0.680 bits per heavy atom. The summed E-state index contributed by atoms with van der Waals surface area (Å²) in [6.45, 7) is 7.34. The summed E-state index contributed by atoms with van der Waals surface area (Å²) < 4.78 is 52.8. The maximum Gasteiger partial charge on any atom is 0.500 e. The van der Waals surface area contributed by atoms with Crippen molar-refractivity contribution in [3.63, 3.8) is 0 Å². The van der Waals surface area contributed by atoms with Crippen LogP contribution in [0.3, 0.4) is 0 Å². The van der Waals surface area contributed by atoms with E-state index < -0.39 is 59.3 Å². The Bertz CT molecular complexity index is 1040. The number of hydrogen-bond acceptors (Lipinski definition) is 15. The zero-order valence-electron chi connectivity index (χ0n) is 30.0. The SMILES string of the molecule is C=CC(=O)OCC(C)(COC(=O)C=C)NC(=O)NC(CCOC(=O)NCCC[Si](OC)(OC)OC)COC(=O)NCCC[Si](OC)(OC)OC. The molecule has 0 saturated carbocycles. The lowest BCUT2D eigenvalue weighted by atomic mass is 10.1. The van der Waals surface area contributed by atoms with Gasteiger partial charge in [0.05, 0.1) is 12.6 Å². The van der Waals surface area contributed by atoms with Crippen LogP contribution in [0, 0.1) is 0 Å². The molecule has 1 atom stereocenters. The first kappa shape index (κ1) is 46.4. The Kier molecular flexibility index (Phi) is 23.6. The zero-order valence-corrected chi connectivity index (χ0v) is 32.0. The Hall–Kier alpha value is -3.58. The first-order chi connectivity index (χ1) is 23.7. The molecule has 0 heterocycles. The van der Waals surface area contributed by atoms with Crippen LogP contribution in [-0.4, -0.2) is 142 Å². The fraction of sp³-hybridized carbons (Fsp3) is 0.690. The third kappa shape index (κ3) is 19.0. The van der Waals surface area contributed by atoms with Crippen molar-refractivity contribution in [1.82, 2.24) is 21.3 Å². The van der Waals surface area contributed by atoms with Gasteiger partial charge in [-0.15, -0.1) is 0 Å². The summed E-state index contributed by atoms with van der Waals surface area (Å²) in [6.07, 6.45) is 1.39. The molecule has 288 valence electrons. The highest BCUT2D eigenvalue weighted by Gasteiger charge is 2.38. The molecule has 4 N–H and O–H groups in total. The highest BCUT2D eigenvalue weighted by atomic mass is 28.4. The van der Waals surface area contributed by atoms with E-state index in [1.165, 1.54) is 49.6 Å². The highest BCUT2D eigenvalue weighted by molar-refractivity contribution is 6.60. The van der Waals surface area contributed by atoms with E-state index in [9.17, 15) is 24.0 Å². The van der Waals surface area contributed by atoms with Gasteiger partial charge >= 0.3 is 47.8 Å². The Morgan fingerprint density at radius 3 is 1.50 bits per heavy atom. The Morgan fingerprint density at radius 2 is 1.10 bits per heavy atom. The fourth-order valence-electron chi connectivity index (χ4n) is 4.06. The zero-order chi connectivity index (χ0) is 38.1. The summed E-state index contributed by atoms with van der Waals surface area (Å²) in [5.41, 5.74) is -1.39. The molecule has 21 heteroatoms. The summed E-state index contributed by atoms with van der Waals surface area (Å²) in [4.78, 5) is 61.1. The molecule has 0 aromatic heterocycles. The van der Waals surface area contributed by atoms with E-state index in [1.807, 2.05) is 0 Å². The predicted octanol–water partition coefficient (Wildman–Crippen LogP) is 1.25. The standard InChI is InChI=1S/C29H54N4O15Si2/c1-10-24(34)47-21-29(3,22-48-25(35)11-2)33-26(36)32-23(20-46-28(38)31-16-13-19-50(42-7,43-8)44-9)14-17-45-27(37)30-15-12-18-49(39-4,40-5)41-6/h10-11,23H,1-2,12-22H2,3-9H3,(H,30,37)(H,31,38)(H2,32,33,36). The van der Waals surface area contributed by atoms with Crippen LogP contribution in [0.4, 0.5) is 14.4 Å². The van der Waals surface area contributed by atoms with Crippen LogP contribution in [0.1, 0.15) is 26.2 Å². The number of hydrogen-bond donors (Lipinski definition) is 4. The molecule has 0 aromatic rings. The first-order valence-corrected chi connectivity index (χ1v) is 19.4. The molecule has 0 rings (SSSR count). The quantitative estimate of drug-likeness (QED) is 0.0304. The third-order valence-electron chi connectivity index (χ3n) is 6.99. The molecule has 0 spiro atoms. The van der Waals surface area contributed by atoms with E-state index in [1.54, 1.807) is 0 Å². The molecule has 0 aliphatic heterocycles. The molecular weight excluding hydrogens is 701 g/mol. The average Bonchev–Trinajstić information content (AvgIpc) is 3.12. The largest absolute Gasteiger partial charge is 0.500 e. The number of alkyl carbamates (subject to hydrolysis) is 2. The predicted molar refractivity (Wildman–Crippen MR) is 182 cm³/mol. The monoisotopic (exact) mass is 754 g/mol. The number of carbonyl (C=O) groups excluding carboxylic acids is 5. The van der Waals surface area contributed by atoms with Crippen LogP contribution in [0.25, 0.3) is 0 Å². The van der Waals surface area contributed by atoms with Crippen molar-refractivity contribution in [1.29, 1.82) is 0 Å². The van der Waals surface area contributed by atoms with Gasteiger partial charge in [0.1, 0.15) is 25.4 Å². The van der Waals surface area contributed by atoms with Gasteiger partial charge < -0.3 is 66.8 Å². The number of esters is 2. The van der Waals surface area contributed by atoms with Gasteiger partial charge in [-0.1, -0.05) is 13.2 Å². The van der Waals surface area contributed by atoms with E-state index in [2.05, 4.69) is 34.4 Å². The van der Waals surface area contributed by atoms with Gasteiger partial charge in [0.15, 0.2) is 0 Å². The lowest BCUT2D eigenvalue weighted by Gasteiger charge is -2.30. The molecule has 0 radical (unpaired) electrons. The van der Waals surface area contributed by atoms with E-state index >= 15 is 0 Å². The van der Waals surface area contributed by atoms with Crippen molar-refractivity contribution < 1.29 is 69.5 Å². The van der Waals surface area contributed by atoms with Gasteiger partial charge in [-0.2, -0.15) is 0 Å². The van der Waals surface area contributed by atoms with Crippen LogP contribution in [0.5, 0.6) is 0 Å². The minimum Gasteiger partial charge on any atom is -0.460 e. The van der Waals surface area contributed by atoms with Crippen molar-refractivity contribution in [3.8, 4) is 0 Å². The second-order valence-electron chi connectivity index (χ2n) is 10.7. The molecule has 19 nitrogen and oxygen atoms in total. The molecule has 0 aromatic carbocycles. The molecule has 0 bridgehead atoms.